The zero-order chi connectivity index (χ0) is 18.2. The minimum atomic E-state index is -0.0135. The van der Waals surface area contributed by atoms with E-state index in [0.29, 0.717) is 19.7 Å². The van der Waals surface area contributed by atoms with Gasteiger partial charge in [0.05, 0.1) is 6.54 Å². The van der Waals surface area contributed by atoms with E-state index in [0.717, 1.165) is 22.6 Å². The highest BCUT2D eigenvalue weighted by Crippen LogP contribution is 2.16. The minimum absolute atomic E-state index is 0.0135. The normalized spacial score (nSPS) is 10.6. The number of amides is 1. The smallest absolute Gasteiger partial charge is 0.238 e. The monoisotopic (exact) mass is 338 g/mol. The SMILES string of the molecule is C=CCOc1ccc(CN(C)CC(=O)Nc2ccc(C)cc2C)cc1. The zero-order valence-electron chi connectivity index (χ0n) is 15.2. The number of hydrogen-bond acceptors (Lipinski definition) is 3. The summed E-state index contributed by atoms with van der Waals surface area (Å²) in [5.74, 6) is 0.805. The van der Waals surface area contributed by atoms with E-state index >= 15 is 0 Å². The van der Waals surface area contributed by atoms with Crippen molar-refractivity contribution in [2.24, 2.45) is 0 Å². The van der Waals surface area contributed by atoms with Gasteiger partial charge in [-0.25, -0.2) is 0 Å². The van der Waals surface area contributed by atoms with Gasteiger partial charge in [0.25, 0.3) is 0 Å². The van der Waals surface area contributed by atoms with Crippen molar-refractivity contribution >= 4 is 11.6 Å². The maximum atomic E-state index is 12.2. The number of ether oxygens (including phenoxy) is 1. The van der Waals surface area contributed by atoms with Crippen molar-refractivity contribution in [3.05, 3.63) is 71.8 Å². The number of anilines is 1. The van der Waals surface area contributed by atoms with Crippen LogP contribution >= 0.6 is 0 Å². The second-order valence-corrected chi connectivity index (χ2v) is 6.28. The third-order valence-electron chi connectivity index (χ3n) is 3.81. The molecule has 2 aromatic carbocycles. The lowest BCUT2D eigenvalue weighted by Crippen LogP contribution is -2.30. The highest BCUT2D eigenvalue weighted by atomic mass is 16.5. The van der Waals surface area contributed by atoms with Crippen LogP contribution < -0.4 is 10.1 Å². The van der Waals surface area contributed by atoms with Gasteiger partial charge in [-0.2, -0.15) is 0 Å². The number of aryl methyl sites for hydroxylation is 2. The first-order chi connectivity index (χ1) is 12.0. The average molecular weight is 338 g/mol. The van der Waals surface area contributed by atoms with Crippen LogP contribution in [0.15, 0.2) is 55.1 Å². The van der Waals surface area contributed by atoms with Crippen molar-refractivity contribution in [3.63, 3.8) is 0 Å². The molecule has 4 heteroatoms. The number of nitrogens with zero attached hydrogens (tertiary/aromatic N) is 1. The van der Waals surface area contributed by atoms with Crippen molar-refractivity contribution in [1.82, 2.24) is 4.90 Å². The van der Waals surface area contributed by atoms with Crippen molar-refractivity contribution in [1.29, 1.82) is 0 Å². The fourth-order valence-corrected chi connectivity index (χ4v) is 2.60. The quantitative estimate of drug-likeness (QED) is 0.741. The van der Waals surface area contributed by atoms with Gasteiger partial charge in [-0.1, -0.05) is 42.5 Å². The van der Waals surface area contributed by atoms with Gasteiger partial charge in [0.1, 0.15) is 12.4 Å². The van der Waals surface area contributed by atoms with Gasteiger partial charge in [-0.3, -0.25) is 9.69 Å². The molecule has 0 aliphatic carbocycles. The summed E-state index contributed by atoms with van der Waals surface area (Å²) in [7, 11) is 1.93. The topological polar surface area (TPSA) is 41.6 Å². The molecule has 1 amide bonds. The number of nitrogens with one attached hydrogen (secondary N) is 1. The van der Waals surface area contributed by atoms with E-state index in [-0.39, 0.29) is 5.91 Å². The summed E-state index contributed by atoms with van der Waals surface area (Å²) < 4.78 is 5.47. The average Bonchev–Trinajstić information content (AvgIpc) is 2.56. The molecule has 0 saturated heterocycles. The molecule has 25 heavy (non-hydrogen) atoms. The number of rotatable bonds is 8. The van der Waals surface area contributed by atoms with Crippen LogP contribution in [0.4, 0.5) is 5.69 Å². The Morgan fingerprint density at radius 1 is 1.20 bits per heavy atom. The summed E-state index contributed by atoms with van der Waals surface area (Å²) in [6, 6.07) is 13.9. The molecule has 2 aromatic rings. The summed E-state index contributed by atoms with van der Waals surface area (Å²) >= 11 is 0. The Balaban J connectivity index is 1.85. The van der Waals surface area contributed by atoms with Crippen LogP contribution in [0.5, 0.6) is 5.75 Å². The van der Waals surface area contributed by atoms with Crippen LogP contribution in [0.25, 0.3) is 0 Å². The highest BCUT2D eigenvalue weighted by molar-refractivity contribution is 5.92. The van der Waals surface area contributed by atoms with Crippen LogP contribution in [0.1, 0.15) is 16.7 Å². The zero-order valence-corrected chi connectivity index (χ0v) is 15.2. The molecule has 0 atom stereocenters. The molecule has 1 N–H and O–H groups in total. The standard InChI is InChI=1S/C21H26N2O2/c1-5-12-25-19-9-7-18(8-10-19)14-23(4)15-21(24)22-20-11-6-16(2)13-17(20)3/h5-11,13H,1,12,14-15H2,2-4H3,(H,22,24). The maximum absolute atomic E-state index is 12.2. The van der Waals surface area contributed by atoms with E-state index in [1.54, 1.807) is 6.08 Å². The summed E-state index contributed by atoms with van der Waals surface area (Å²) in [5.41, 5.74) is 4.26. The summed E-state index contributed by atoms with van der Waals surface area (Å²) in [5, 5.41) is 2.98. The van der Waals surface area contributed by atoms with Crippen LogP contribution in [0, 0.1) is 13.8 Å². The van der Waals surface area contributed by atoms with Crippen LogP contribution in [0.3, 0.4) is 0 Å². The first-order valence-electron chi connectivity index (χ1n) is 8.36. The molecule has 2 rings (SSSR count). The number of likely N-dealkylation sites (N-methyl/N-ethyl adjacent to an activating group) is 1. The molecule has 0 aromatic heterocycles. The maximum Gasteiger partial charge on any atom is 0.238 e. The second-order valence-electron chi connectivity index (χ2n) is 6.28. The fourth-order valence-electron chi connectivity index (χ4n) is 2.60. The molecular weight excluding hydrogens is 312 g/mol. The van der Waals surface area contributed by atoms with Gasteiger partial charge in [-0.15, -0.1) is 0 Å². The molecule has 0 spiro atoms. The van der Waals surface area contributed by atoms with Crippen LogP contribution in [0.2, 0.25) is 0 Å². The van der Waals surface area contributed by atoms with Gasteiger partial charge >= 0.3 is 0 Å². The lowest BCUT2D eigenvalue weighted by Gasteiger charge is -2.17. The largest absolute Gasteiger partial charge is 0.490 e. The highest BCUT2D eigenvalue weighted by Gasteiger charge is 2.09. The summed E-state index contributed by atoms with van der Waals surface area (Å²) in [6.45, 7) is 9.20. The van der Waals surface area contributed by atoms with Crippen molar-refractivity contribution in [3.8, 4) is 5.75 Å². The van der Waals surface area contributed by atoms with Gasteiger partial charge in [0.2, 0.25) is 5.91 Å². The van der Waals surface area contributed by atoms with Gasteiger partial charge in [-0.05, 0) is 50.2 Å². The number of carbonyl (C=O) groups is 1. The summed E-state index contributed by atoms with van der Waals surface area (Å²) in [6.07, 6.45) is 1.72. The minimum Gasteiger partial charge on any atom is -0.490 e. The van der Waals surface area contributed by atoms with E-state index in [1.807, 2.05) is 62.2 Å². The molecule has 0 heterocycles. The Kier molecular flexibility index (Phi) is 6.78. The molecule has 0 aliphatic heterocycles. The van der Waals surface area contributed by atoms with E-state index in [1.165, 1.54) is 5.56 Å². The summed E-state index contributed by atoms with van der Waals surface area (Å²) in [4.78, 5) is 14.2. The molecule has 4 nitrogen and oxygen atoms in total. The Bertz CT molecular complexity index is 723. The first-order valence-corrected chi connectivity index (χ1v) is 8.36. The van der Waals surface area contributed by atoms with E-state index < -0.39 is 0 Å². The Morgan fingerprint density at radius 3 is 2.56 bits per heavy atom. The van der Waals surface area contributed by atoms with Crippen LogP contribution in [-0.4, -0.2) is 31.0 Å². The fraction of sp³-hybridized carbons (Fsp3) is 0.286. The third-order valence-corrected chi connectivity index (χ3v) is 3.81. The molecule has 0 unspecified atom stereocenters. The molecule has 0 radical (unpaired) electrons. The lowest BCUT2D eigenvalue weighted by atomic mass is 10.1. The van der Waals surface area contributed by atoms with E-state index in [4.69, 9.17) is 4.74 Å². The molecule has 0 fully saturated rings. The lowest BCUT2D eigenvalue weighted by molar-refractivity contribution is -0.117. The molecule has 132 valence electrons. The third kappa shape index (κ3) is 6.08. The Morgan fingerprint density at radius 2 is 1.92 bits per heavy atom. The van der Waals surface area contributed by atoms with Crippen molar-refractivity contribution < 1.29 is 9.53 Å². The first kappa shape index (κ1) is 18.7. The van der Waals surface area contributed by atoms with Crippen LogP contribution in [-0.2, 0) is 11.3 Å². The molecule has 0 aliphatic rings. The Hall–Kier alpha value is -2.59. The molecular formula is C21H26N2O2. The number of benzene rings is 2. The van der Waals surface area contributed by atoms with Crippen molar-refractivity contribution in [2.45, 2.75) is 20.4 Å². The molecule has 0 bridgehead atoms. The predicted octanol–water partition coefficient (Wildman–Crippen LogP) is 3.94. The van der Waals surface area contributed by atoms with Gasteiger partial charge in [0, 0.05) is 12.2 Å². The van der Waals surface area contributed by atoms with E-state index in [2.05, 4.69) is 18.0 Å². The number of hydrogen-bond donors (Lipinski definition) is 1. The number of carbonyl (C=O) groups excluding carboxylic acids is 1. The predicted molar refractivity (Wildman–Crippen MR) is 103 cm³/mol. The van der Waals surface area contributed by atoms with Gasteiger partial charge < -0.3 is 10.1 Å². The van der Waals surface area contributed by atoms with Crippen molar-refractivity contribution in [2.75, 3.05) is 25.5 Å². The second kappa shape index (κ2) is 9.04. The van der Waals surface area contributed by atoms with E-state index in [9.17, 15) is 4.79 Å². The Labute approximate surface area is 150 Å². The molecule has 0 saturated carbocycles. The van der Waals surface area contributed by atoms with Gasteiger partial charge in [0.15, 0.2) is 0 Å².